The van der Waals surface area contributed by atoms with Gasteiger partial charge in [-0.05, 0) is 115 Å². The molecule has 4 fully saturated rings. The number of carbonyl (C=O) groups excluding carboxylic acids is 6. The third-order valence-corrected chi connectivity index (χ3v) is 20.7. The van der Waals surface area contributed by atoms with E-state index in [0.29, 0.717) is 188 Å². The van der Waals surface area contributed by atoms with E-state index < -0.39 is 17.7 Å². The van der Waals surface area contributed by atoms with Crippen molar-refractivity contribution in [2.24, 2.45) is 4.99 Å². The highest BCUT2D eigenvalue weighted by molar-refractivity contribution is 6.33. The minimum atomic E-state index is -0.422. The van der Waals surface area contributed by atoms with Crippen molar-refractivity contribution >= 4 is 157 Å². The van der Waals surface area contributed by atoms with E-state index in [4.69, 9.17) is 94.6 Å². The number of anilines is 6. The number of rotatable bonds is 21. The number of ketones is 3. The smallest absolute Gasteiger partial charge is 0.257 e. The largest absolute Gasteiger partial charge is 0.378 e. The van der Waals surface area contributed by atoms with E-state index in [1.165, 1.54) is 18.6 Å². The number of nitrogens with one attached hydrogen (secondary N) is 5. The normalized spacial score (nSPS) is 14.8. The monoisotopic (exact) mass is 1630 g/mol. The van der Waals surface area contributed by atoms with Crippen molar-refractivity contribution in [3.05, 3.63) is 261 Å². The van der Waals surface area contributed by atoms with Crippen LogP contribution in [-0.2, 0) is 33.5 Å². The standard InChI is InChI=1S/C29H29Cl2N5O3.C28H27Cl2N5O3.C26H24Cl2N4O3/c30-21-7-8-27(33-18-21)34-29(38)24-15-22(31)16-25(35-11-13-39-14-12-35)23(24)17-26(37)19-3-5-20(6-4-19)28(32)36-9-1-2-10-36;1-34-9-8-31-27(34)19-4-2-18(3-5-19)25(36)16-22-23(28(37)33-26-7-6-20(29)17-32-26)14-21(30)15-24(22)35-10-12-38-13-11-35;1-16(29)17-2-4-18(5-3-17)24(33)14-21-22(26(34)31-25-7-6-19(27)15-30-25)12-20(28)13-23(21)32-8-10-35-11-9-32/h3-8,15-16,18,32H,1-2,9-14,17H2,(H,33,34,38);2-7,14-15,17H,8-13,16H2,1H3,(H,32,33,37);2-7,12-13,15,29H,8-11,14H2,1H3,(H,30,31,34). The first-order valence-corrected chi connectivity index (χ1v) is 38.7. The van der Waals surface area contributed by atoms with Gasteiger partial charge in [0.15, 0.2) is 17.3 Å². The van der Waals surface area contributed by atoms with Crippen LogP contribution in [0.4, 0.5) is 34.5 Å². The maximum atomic E-state index is 13.5. The highest BCUT2D eigenvalue weighted by Crippen LogP contribution is 2.36. The summed E-state index contributed by atoms with van der Waals surface area (Å²) in [5.41, 5.74) is 9.43. The molecule has 0 unspecified atom stereocenters. The highest BCUT2D eigenvalue weighted by atomic mass is 35.5. The predicted octanol–water partition coefficient (Wildman–Crippen LogP) is 15.2. The van der Waals surface area contributed by atoms with Crippen LogP contribution in [0.25, 0.3) is 0 Å². The fourth-order valence-corrected chi connectivity index (χ4v) is 14.4. The van der Waals surface area contributed by atoms with Crippen molar-refractivity contribution in [1.82, 2.24) is 24.8 Å². The molecule has 3 aromatic heterocycles. The second kappa shape index (κ2) is 38.4. The summed E-state index contributed by atoms with van der Waals surface area (Å²) in [5.74, 6) is 0.798. The van der Waals surface area contributed by atoms with E-state index in [1.807, 2.05) is 49.5 Å². The number of likely N-dealkylation sites (tertiary alicyclic amines) is 1. The molecule has 0 spiro atoms. The molecule has 578 valence electrons. The molecule has 5 aliphatic heterocycles. The molecule has 0 bridgehead atoms. The topological polar surface area (TPSA) is 281 Å². The molecule has 6 aromatic carbocycles. The Morgan fingerprint density at radius 2 is 0.723 bits per heavy atom. The van der Waals surface area contributed by atoms with Crippen molar-refractivity contribution < 1.29 is 43.0 Å². The number of aliphatic imine (C=N–C) groups is 1. The number of ether oxygens (including phenoxy) is 3. The number of halogens is 6. The van der Waals surface area contributed by atoms with Crippen LogP contribution in [0, 0.1) is 10.8 Å². The second-order valence-corrected chi connectivity index (χ2v) is 29.5. The Balaban J connectivity index is 0.000000156. The van der Waals surface area contributed by atoms with Crippen LogP contribution >= 0.6 is 69.6 Å². The third kappa shape index (κ3) is 21.1. The summed E-state index contributed by atoms with van der Waals surface area (Å²) in [6.07, 6.45) is 6.57. The van der Waals surface area contributed by atoms with Crippen LogP contribution in [0.2, 0.25) is 30.1 Å². The summed E-state index contributed by atoms with van der Waals surface area (Å²) in [6.45, 7) is 12.1. The zero-order chi connectivity index (χ0) is 79.0. The second-order valence-electron chi connectivity index (χ2n) is 26.9. The molecule has 5 aliphatic rings. The molecule has 112 heavy (non-hydrogen) atoms. The Labute approximate surface area is 678 Å². The van der Waals surface area contributed by atoms with Crippen molar-refractivity contribution in [2.75, 3.05) is 143 Å². The lowest BCUT2D eigenvalue weighted by molar-refractivity contribution is 0.0980. The molecule has 5 N–H and O–H groups in total. The number of benzene rings is 6. The summed E-state index contributed by atoms with van der Waals surface area (Å²) >= 11 is 37.2. The van der Waals surface area contributed by atoms with Crippen LogP contribution in [0.15, 0.2) is 169 Å². The Hall–Kier alpha value is -10.2. The van der Waals surface area contributed by atoms with E-state index in [0.717, 1.165) is 78.6 Å². The summed E-state index contributed by atoms with van der Waals surface area (Å²) in [6, 6.07) is 41.4. The summed E-state index contributed by atoms with van der Waals surface area (Å²) < 4.78 is 16.5. The molecule has 3 amide bonds. The third-order valence-electron chi connectivity index (χ3n) is 19.3. The van der Waals surface area contributed by atoms with Crippen molar-refractivity contribution in [1.29, 1.82) is 10.8 Å². The zero-order valence-electron chi connectivity index (χ0n) is 61.4. The average molecular weight is 1630 g/mol. The first-order chi connectivity index (χ1) is 54.1. The van der Waals surface area contributed by atoms with Crippen LogP contribution in [0.5, 0.6) is 0 Å². The fraction of sp³-hybridized carbons (Fsp3) is 0.277. The molecule has 8 heterocycles. The van der Waals surface area contributed by atoms with E-state index in [2.05, 4.69) is 60.4 Å². The number of carbonyl (C=O) groups is 6. The average Bonchev–Trinajstić information content (AvgIpc) is 1.13. The van der Waals surface area contributed by atoms with E-state index in [1.54, 1.807) is 110 Å². The quantitative estimate of drug-likeness (QED) is 0.0254. The van der Waals surface area contributed by atoms with Gasteiger partial charge in [-0.2, -0.15) is 0 Å². The number of morpholine rings is 3. The number of hydrogen-bond donors (Lipinski definition) is 5. The van der Waals surface area contributed by atoms with Crippen molar-refractivity contribution in [2.45, 2.75) is 39.0 Å². The fourth-order valence-electron chi connectivity index (χ4n) is 13.5. The number of amides is 3. The summed E-state index contributed by atoms with van der Waals surface area (Å²) in [5, 5.41) is 27.2. The number of aromatic nitrogens is 3. The van der Waals surface area contributed by atoms with Gasteiger partial charge < -0.3 is 60.1 Å². The Bertz CT molecular complexity index is 4980. The zero-order valence-corrected chi connectivity index (χ0v) is 65.9. The molecular weight excluding hydrogens is 1550 g/mol. The molecule has 0 atom stereocenters. The number of nitrogens with zero attached hydrogens (tertiary/aromatic N) is 9. The van der Waals surface area contributed by atoms with Crippen LogP contribution < -0.4 is 30.7 Å². The Kier molecular flexibility index (Phi) is 27.9. The Morgan fingerprint density at radius 3 is 1.03 bits per heavy atom. The van der Waals surface area contributed by atoms with Crippen LogP contribution in [0.3, 0.4) is 0 Å². The van der Waals surface area contributed by atoms with Gasteiger partial charge in [-0.3, -0.25) is 39.2 Å². The minimum absolute atomic E-state index is 0.00355. The van der Waals surface area contributed by atoms with Crippen molar-refractivity contribution in [3.63, 3.8) is 0 Å². The molecule has 0 aliphatic carbocycles. The van der Waals surface area contributed by atoms with Gasteiger partial charge in [0.05, 0.1) is 61.3 Å². The van der Waals surface area contributed by atoms with E-state index in [-0.39, 0.29) is 36.6 Å². The van der Waals surface area contributed by atoms with Gasteiger partial charge in [0.2, 0.25) is 0 Å². The number of pyridine rings is 3. The van der Waals surface area contributed by atoms with E-state index in [9.17, 15) is 28.8 Å². The Morgan fingerprint density at radius 1 is 0.402 bits per heavy atom. The maximum absolute atomic E-state index is 13.5. The number of hydrogen-bond acceptors (Lipinski definition) is 19. The van der Waals surface area contributed by atoms with Crippen LogP contribution in [-0.4, -0.2) is 189 Å². The SMILES string of the molecule is CC(=N)c1ccc(C(=O)Cc2c(C(=O)Nc3ccc(Cl)cn3)cc(Cl)cc2N2CCOCC2)cc1.CN1CCN=C1c1ccc(C(=O)Cc2c(C(=O)Nc3ccc(Cl)cn3)cc(Cl)cc2N2CCOCC2)cc1.N=C(c1ccc(C(=O)Cc2c(C(=O)Nc3ccc(Cl)cn3)cc(Cl)cc2N2CCOCC2)cc1)N1CCCC1. The minimum Gasteiger partial charge on any atom is -0.378 e. The van der Waals surface area contributed by atoms with E-state index >= 15 is 0 Å². The van der Waals surface area contributed by atoms with Gasteiger partial charge in [-0.1, -0.05) is 142 Å². The number of Topliss-reactive ketones (excluding diaryl/α,β-unsaturated/α-hetero) is 3. The molecular formula is C83H80Cl6N14O9. The van der Waals surface area contributed by atoms with Gasteiger partial charge in [0.1, 0.15) is 29.1 Å². The summed E-state index contributed by atoms with van der Waals surface area (Å²) in [7, 11) is 2.00. The lowest BCUT2D eigenvalue weighted by Crippen LogP contribution is -2.37. The molecule has 0 radical (unpaired) electrons. The lowest BCUT2D eigenvalue weighted by Gasteiger charge is -2.31. The van der Waals surface area contributed by atoms with Gasteiger partial charge in [0.25, 0.3) is 17.7 Å². The highest BCUT2D eigenvalue weighted by Gasteiger charge is 2.30. The van der Waals surface area contributed by atoms with Gasteiger partial charge in [-0.15, -0.1) is 0 Å². The van der Waals surface area contributed by atoms with Gasteiger partial charge in [-0.25, -0.2) is 15.0 Å². The predicted molar refractivity (Wildman–Crippen MR) is 443 cm³/mol. The first-order valence-electron chi connectivity index (χ1n) is 36.4. The maximum Gasteiger partial charge on any atom is 0.257 e. The molecule has 29 heteroatoms. The van der Waals surface area contributed by atoms with Crippen molar-refractivity contribution in [3.8, 4) is 0 Å². The molecule has 14 rings (SSSR count). The number of amidine groups is 2. The lowest BCUT2D eigenvalue weighted by atomic mass is 9.95. The first kappa shape index (κ1) is 81.3. The molecule has 0 saturated carbocycles. The number of likely N-dealkylation sites (N-methyl/N-ethyl adjacent to an activating group) is 1. The van der Waals surface area contributed by atoms with Crippen LogP contribution in [0.1, 0.15) is 115 Å². The summed E-state index contributed by atoms with van der Waals surface area (Å²) in [4.78, 5) is 108. The van der Waals surface area contributed by atoms with Gasteiger partial charge >= 0.3 is 0 Å². The molecule has 9 aromatic rings. The van der Waals surface area contributed by atoms with Gasteiger partial charge in [0, 0.05) is 186 Å². The molecule has 23 nitrogen and oxygen atoms in total. The molecule has 4 saturated heterocycles.